The molecule has 0 aromatic heterocycles. The molecule has 1 aliphatic heterocycles. The third-order valence-corrected chi connectivity index (χ3v) is 5.40. The zero-order valence-corrected chi connectivity index (χ0v) is 11.4. The average Bonchev–Trinajstić information content (AvgIpc) is 2.91. The lowest BCUT2D eigenvalue weighted by atomic mass is 10.2. The van der Waals surface area contributed by atoms with E-state index in [0.717, 1.165) is 18.4 Å². The molecular formula is C13H19NO2S. The Hall–Kier alpha value is -0.870. The van der Waals surface area contributed by atoms with E-state index in [1.807, 2.05) is 26.0 Å². The lowest BCUT2D eigenvalue weighted by Gasteiger charge is -2.06. The van der Waals surface area contributed by atoms with Gasteiger partial charge in [-0.3, -0.25) is 0 Å². The zero-order valence-electron chi connectivity index (χ0n) is 10.6. The molecule has 0 spiro atoms. The standard InChI is InChI=1S/C13H19NO2S/c1-4-5-13-11(3)14(13)17(15,16)12-8-6-10(2)7-9-12/h6-9,11,13H,4-5H2,1-3H3. The maximum absolute atomic E-state index is 12.3. The maximum Gasteiger partial charge on any atom is 0.243 e. The number of benzene rings is 1. The summed E-state index contributed by atoms with van der Waals surface area (Å²) in [5.41, 5.74) is 1.08. The molecule has 1 aromatic carbocycles. The molecule has 0 radical (unpaired) electrons. The molecule has 0 saturated carbocycles. The van der Waals surface area contributed by atoms with Gasteiger partial charge in [0, 0.05) is 12.1 Å². The molecule has 94 valence electrons. The third kappa shape index (κ3) is 2.24. The predicted molar refractivity (Wildman–Crippen MR) is 68.4 cm³/mol. The summed E-state index contributed by atoms with van der Waals surface area (Å²) >= 11 is 0. The van der Waals surface area contributed by atoms with Crippen molar-refractivity contribution in [3.05, 3.63) is 29.8 Å². The Kier molecular flexibility index (Phi) is 3.27. The summed E-state index contributed by atoms with van der Waals surface area (Å²) in [5, 5.41) is 0. The van der Waals surface area contributed by atoms with Gasteiger partial charge >= 0.3 is 0 Å². The fourth-order valence-electron chi connectivity index (χ4n) is 2.28. The largest absolute Gasteiger partial charge is 0.243 e. The normalized spacial score (nSPS) is 28.1. The lowest BCUT2D eigenvalue weighted by Crippen LogP contribution is -2.15. The monoisotopic (exact) mass is 253 g/mol. The summed E-state index contributed by atoms with van der Waals surface area (Å²) in [5.74, 6) is 0. The van der Waals surface area contributed by atoms with Gasteiger partial charge in [-0.05, 0) is 32.4 Å². The Balaban J connectivity index is 2.23. The van der Waals surface area contributed by atoms with E-state index in [4.69, 9.17) is 0 Å². The first-order chi connectivity index (χ1) is 7.98. The second kappa shape index (κ2) is 4.42. The number of hydrogen-bond donors (Lipinski definition) is 0. The van der Waals surface area contributed by atoms with Crippen LogP contribution in [0.5, 0.6) is 0 Å². The van der Waals surface area contributed by atoms with Crippen LogP contribution in [0.4, 0.5) is 0 Å². The van der Waals surface area contributed by atoms with Gasteiger partial charge in [0.05, 0.1) is 4.90 Å². The SMILES string of the molecule is CCCC1C(C)N1S(=O)(=O)c1ccc(C)cc1. The van der Waals surface area contributed by atoms with Gasteiger partial charge in [0.1, 0.15) is 0 Å². The average molecular weight is 253 g/mol. The topological polar surface area (TPSA) is 37.1 Å². The van der Waals surface area contributed by atoms with E-state index in [2.05, 4.69) is 6.92 Å². The van der Waals surface area contributed by atoms with Crippen LogP contribution in [0.1, 0.15) is 32.3 Å². The van der Waals surface area contributed by atoms with E-state index in [0.29, 0.717) is 4.90 Å². The first-order valence-electron chi connectivity index (χ1n) is 6.08. The van der Waals surface area contributed by atoms with Gasteiger partial charge < -0.3 is 0 Å². The highest BCUT2D eigenvalue weighted by molar-refractivity contribution is 7.89. The van der Waals surface area contributed by atoms with Crippen molar-refractivity contribution in [3.63, 3.8) is 0 Å². The lowest BCUT2D eigenvalue weighted by molar-refractivity contribution is 0.542. The molecule has 4 heteroatoms. The van der Waals surface area contributed by atoms with E-state index >= 15 is 0 Å². The highest BCUT2D eigenvalue weighted by Crippen LogP contribution is 2.38. The molecule has 0 bridgehead atoms. The molecular weight excluding hydrogens is 234 g/mol. The molecule has 1 aromatic rings. The van der Waals surface area contributed by atoms with E-state index in [-0.39, 0.29) is 12.1 Å². The highest BCUT2D eigenvalue weighted by atomic mass is 32.2. The molecule has 2 rings (SSSR count). The molecule has 3 atom stereocenters. The molecule has 3 unspecified atom stereocenters. The second-order valence-corrected chi connectivity index (χ2v) is 6.59. The molecule has 0 aliphatic carbocycles. The molecule has 1 heterocycles. The van der Waals surface area contributed by atoms with E-state index in [9.17, 15) is 8.42 Å². The van der Waals surface area contributed by atoms with E-state index < -0.39 is 10.0 Å². The van der Waals surface area contributed by atoms with E-state index in [1.54, 1.807) is 16.4 Å². The van der Waals surface area contributed by atoms with Crippen LogP contribution in [0.3, 0.4) is 0 Å². The van der Waals surface area contributed by atoms with Crippen molar-refractivity contribution in [3.8, 4) is 0 Å². The van der Waals surface area contributed by atoms with Gasteiger partial charge in [-0.15, -0.1) is 0 Å². The minimum absolute atomic E-state index is 0.154. The summed E-state index contributed by atoms with van der Waals surface area (Å²) in [6.07, 6.45) is 1.97. The minimum atomic E-state index is -3.27. The Morgan fingerprint density at radius 3 is 2.35 bits per heavy atom. The number of nitrogens with zero attached hydrogens (tertiary/aromatic N) is 1. The van der Waals surface area contributed by atoms with Crippen LogP contribution in [0, 0.1) is 6.92 Å². The molecule has 17 heavy (non-hydrogen) atoms. The summed E-state index contributed by atoms with van der Waals surface area (Å²) in [6, 6.07) is 7.43. The van der Waals surface area contributed by atoms with Crippen LogP contribution in [0.25, 0.3) is 0 Å². The molecule has 3 nitrogen and oxygen atoms in total. The molecule has 0 amide bonds. The summed E-state index contributed by atoms with van der Waals surface area (Å²) in [7, 11) is -3.27. The smallest absolute Gasteiger partial charge is 0.207 e. The fourth-order valence-corrected chi connectivity index (χ4v) is 4.16. The predicted octanol–water partition coefficient (Wildman–Crippen LogP) is 2.56. The van der Waals surface area contributed by atoms with Gasteiger partial charge in [0.25, 0.3) is 0 Å². The van der Waals surface area contributed by atoms with Crippen molar-refractivity contribution < 1.29 is 8.42 Å². The third-order valence-electron chi connectivity index (χ3n) is 3.38. The molecule has 1 saturated heterocycles. The quantitative estimate of drug-likeness (QED) is 0.773. The fraction of sp³-hybridized carbons (Fsp3) is 0.538. The minimum Gasteiger partial charge on any atom is -0.207 e. The molecule has 0 N–H and O–H groups in total. The second-order valence-electron chi connectivity index (χ2n) is 4.74. The van der Waals surface area contributed by atoms with Crippen LogP contribution in [-0.2, 0) is 10.0 Å². The Bertz CT molecular complexity index is 493. The summed E-state index contributed by atoms with van der Waals surface area (Å²) < 4.78 is 26.3. The Morgan fingerprint density at radius 1 is 1.24 bits per heavy atom. The van der Waals surface area contributed by atoms with Crippen LogP contribution in [-0.4, -0.2) is 24.8 Å². The summed E-state index contributed by atoms with van der Waals surface area (Å²) in [6.45, 7) is 6.02. The summed E-state index contributed by atoms with van der Waals surface area (Å²) in [4.78, 5) is 0.411. The number of hydrogen-bond acceptors (Lipinski definition) is 2. The van der Waals surface area contributed by atoms with Gasteiger partial charge in [-0.25, -0.2) is 8.42 Å². The number of rotatable bonds is 4. The van der Waals surface area contributed by atoms with Gasteiger partial charge in [-0.2, -0.15) is 4.31 Å². The Labute approximate surface area is 104 Å². The highest BCUT2D eigenvalue weighted by Gasteiger charge is 2.51. The first-order valence-corrected chi connectivity index (χ1v) is 7.52. The number of sulfonamides is 1. The Morgan fingerprint density at radius 2 is 1.82 bits per heavy atom. The van der Waals surface area contributed by atoms with Crippen LogP contribution in [0.15, 0.2) is 29.2 Å². The van der Waals surface area contributed by atoms with Gasteiger partial charge in [0.2, 0.25) is 10.0 Å². The van der Waals surface area contributed by atoms with Gasteiger partial charge in [-0.1, -0.05) is 31.0 Å². The van der Waals surface area contributed by atoms with Crippen LogP contribution in [0.2, 0.25) is 0 Å². The number of aryl methyl sites for hydroxylation is 1. The van der Waals surface area contributed by atoms with Crippen LogP contribution < -0.4 is 0 Å². The van der Waals surface area contributed by atoms with Crippen molar-refractivity contribution in [1.82, 2.24) is 4.31 Å². The van der Waals surface area contributed by atoms with Crippen molar-refractivity contribution in [1.29, 1.82) is 0 Å². The van der Waals surface area contributed by atoms with Crippen molar-refractivity contribution >= 4 is 10.0 Å². The van der Waals surface area contributed by atoms with Crippen molar-refractivity contribution in [2.24, 2.45) is 0 Å². The maximum atomic E-state index is 12.3. The van der Waals surface area contributed by atoms with Crippen molar-refractivity contribution in [2.45, 2.75) is 50.6 Å². The van der Waals surface area contributed by atoms with E-state index in [1.165, 1.54) is 0 Å². The zero-order chi connectivity index (χ0) is 12.6. The molecule has 1 fully saturated rings. The van der Waals surface area contributed by atoms with Crippen LogP contribution >= 0.6 is 0 Å². The van der Waals surface area contributed by atoms with Gasteiger partial charge in [0.15, 0.2) is 0 Å². The first kappa shape index (κ1) is 12.6. The molecule has 1 aliphatic rings. The van der Waals surface area contributed by atoms with Crippen molar-refractivity contribution in [2.75, 3.05) is 0 Å².